The summed E-state index contributed by atoms with van der Waals surface area (Å²) < 4.78 is 3.00. The second-order valence-electron chi connectivity index (χ2n) is 2.33. The largest absolute Gasteiger partial charge is 0.250 e. The summed E-state index contributed by atoms with van der Waals surface area (Å²) in [6.45, 7) is 6.43. The van der Waals surface area contributed by atoms with E-state index >= 15 is 0 Å². The van der Waals surface area contributed by atoms with Gasteiger partial charge in [-0.15, -0.1) is 0 Å². The second kappa shape index (κ2) is 2.68. The Hall–Kier alpha value is 0.440. The molecule has 0 aromatic heterocycles. The number of hydrogen-bond acceptors (Lipinski definition) is 1. The molecule has 0 aromatic carbocycles. The fourth-order valence-electron chi connectivity index (χ4n) is 0.0668. The average Bonchev–Trinajstić information content (AvgIpc) is 1.68. The Kier molecular flexibility index (Phi) is 2.84. The van der Waals surface area contributed by atoms with Crippen molar-refractivity contribution in [3.05, 3.63) is 0 Å². The molecule has 44 valence electrons. The van der Waals surface area contributed by atoms with E-state index in [1.807, 2.05) is 0 Å². The van der Waals surface area contributed by atoms with Crippen molar-refractivity contribution in [2.45, 2.75) is 32.7 Å². The molecule has 0 bridgehead atoms. The van der Waals surface area contributed by atoms with Gasteiger partial charge in [-0.25, -0.2) is 0 Å². The molecule has 0 heterocycles. The summed E-state index contributed by atoms with van der Waals surface area (Å²) in [5, 5.41) is 0. The van der Waals surface area contributed by atoms with Crippen LogP contribution in [0.3, 0.4) is 0 Å². The summed E-state index contributed by atoms with van der Waals surface area (Å²) in [4.78, 5) is 0. The van der Waals surface area contributed by atoms with E-state index in [9.17, 15) is 0 Å². The van der Waals surface area contributed by atoms with Crippen LogP contribution in [0.1, 0.15) is 27.2 Å². The first-order valence-electron chi connectivity index (χ1n) is 2.50. The molecule has 2 heteroatoms. The summed E-state index contributed by atoms with van der Waals surface area (Å²) in [5.41, 5.74) is 0.250. The van der Waals surface area contributed by atoms with Crippen LogP contribution in [0.25, 0.3) is 0 Å². The van der Waals surface area contributed by atoms with Crippen LogP contribution >= 0.6 is 16.1 Å². The van der Waals surface area contributed by atoms with E-state index in [2.05, 4.69) is 41.3 Å². The topological polar surface area (TPSA) is 12.0 Å². The highest BCUT2D eigenvalue weighted by Gasteiger charge is 2.10. The van der Waals surface area contributed by atoms with E-state index in [0.717, 1.165) is 6.42 Å². The van der Waals surface area contributed by atoms with Crippen LogP contribution in [-0.4, -0.2) is 5.54 Å². The van der Waals surface area contributed by atoms with Gasteiger partial charge in [-0.2, -0.15) is 0 Å². The van der Waals surface area contributed by atoms with Crippen LogP contribution in [0.4, 0.5) is 0 Å². The molecule has 1 N–H and O–H groups in total. The van der Waals surface area contributed by atoms with Gasteiger partial charge in [0.1, 0.15) is 0 Å². The Balaban J connectivity index is 3.36. The molecule has 7 heavy (non-hydrogen) atoms. The maximum absolute atomic E-state index is 3.18. The van der Waals surface area contributed by atoms with Crippen molar-refractivity contribution in [3.63, 3.8) is 0 Å². The van der Waals surface area contributed by atoms with E-state index in [1.165, 1.54) is 0 Å². The first-order chi connectivity index (χ1) is 3.12. The highest BCUT2D eigenvalue weighted by Crippen LogP contribution is 2.07. The third-order valence-electron chi connectivity index (χ3n) is 1.14. The second-order valence-corrected chi connectivity index (χ2v) is 2.73. The van der Waals surface area contributed by atoms with Crippen LogP contribution in [-0.2, 0) is 0 Å². The first-order valence-corrected chi connectivity index (χ1v) is 3.29. The zero-order chi connectivity index (χ0) is 5.91. The Morgan fingerprint density at radius 3 is 2.00 bits per heavy atom. The average molecular weight is 166 g/mol. The van der Waals surface area contributed by atoms with Crippen molar-refractivity contribution in [2.75, 3.05) is 0 Å². The van der Waals surface area contributed by atoms with E-state index in [0.29, 0.717) is 0 Å². The number of hydrogen-bond donors (Lipinski definition) is 1. The van der Waals surface area contributed by atoms with Crippen molar-refractivity contribution in [3.8, 4) is 0 Å². The molecule has 0 rings (SSSR count). The molecule has 0 fully saturated rings. The van der Waals surface area contributed by atoms with Gasteiger partial charge < -0.3 is 0 Å². The molecule has 0 saturated heterocycles. The lowest BCUT2D eigenvalue weighted by Crippen LogP contribution is -2.30. The van der Waals surface area contributed by atoms with E-state index in [-0.39, 0.29) is 5.54 Å². The third kappa shape index (κ3) is 3.06. The maximum Gasteiger partial charge on any atom is 0.0227 e. The minimum atomic E-state index is 0.250. The number of halogens is 1. The van der Waals surface area contributed by atoms with Crippen molar-refractivity contribution in [1.82, 2.24) is 4.34 Å². The summed E-state index contributed by atoms with van der Waals surface area (Å²) in [5.74, 6) is 0. The monoisotopic (exact) mass is 165 g/mol. The quantitative estimate of drug-likeness (QED) is 0.619. The van der Waals surface area contributed by atoms with Crippen LogP contribution in [0.15, 0.2) is 0 Å². The fourth-order valence-corrected chi connectivity index (χ4v) is 0.347. The van der Waals surface area contributed by atoms with Gasteiger partial charge in [-0.1, -0.05) is 6.92 Å². The zero-order valence-corrected chi connectivity index (χ0v) is 6.67. The van der Waals surface area contributed by atoms with Crippen molar-refractivity contribution >= 4 is 16.1 Å². The van der Waals surface area contributed by atoms with Gasteiger partial charge >= 0.3 is 0 Å². The van der Waals surface area contributed by atoms with Gasteiger partial charge in [0.05, 0.1) is 0 Å². The predicted octanol–water partition coefficient (Wildman–Crippen LogP) is 2.07. The highest BCUT2D eigenvalue weighted by atomic mass is 79.9. The number of rotatable bonds is 2. The van der Waals surface area contributed by atoms with Crippen LogP contribution in [0.2, 0.25) is 0 Å². The van der Waals surface area contributed by atoms with Gasteiger partial charge in [-0.3, -0.25) is 4.34 Å². The molecule has 0 aliphatic heterocycles. The lowest BCUT2D eigenvalue weighted by Gasteiger charge is -2.18. The molecule has 0 atom stereocenters. The lowest BCUT2D eigenvalue weighted by atomic mass is 10.1. The number of nitrogens with one attached hydrogen (secondary N) is 1. The van der Waals surface area contributed by atoms with Gasteiger partial charge in [0.25, 0.3) is 0 Å². The maximum atomic E-state index is 3.18. The molecule has 0 aliphatic rings. The highest BCUT2D eigenvalue weighted by molar-refractivity contribution is 9.08. The smallest absolute Gasteiger partial charge is 0.0227 e. The van der Waals surface area contributed by atoms with Crippen molar-refractivity contribution in [2.24, 2.45) is 0 Å². The first kappa shape index (κ1) is 7.44. The summed E-state index contributed by atoms with van der Waals surface area (Å²) >= 11 is 3.18. The van der Waals surface area contributed by atoms with Gasteiger partial charge in [-0.05, 0) is 20.3 Å². The van der Waals surface area contributed by atoms with Crippen molar-refractivity contribution in [1.29, 1.82) is 0 Å². The van der Waals surface area contributed by atoms with Crippen molar-refractivity contribution < 1.29 is 0 Å². The molecule has 0 spiro atoms. The molecule has 0 aliphatic carbocycles. The fraction of sp³-hybridized carbons (Fsp3) is 1.00. The summed E-state index contributed by atoms with van der Waals surface area (Å²) in [6.07, 6.45) is 1.14. The zero-order valence-electron chi connectivity index (χ0n) is 5.09. The van der Waals surface area contributed by atoms with Crippen LogP contribution in [0, 0.1) is 0 Å². The standard InChI is InChI=1S/C5H12BrN/c1-4-5(2,3)7-6/h7H,4H2,1-3H3. The van der Waals surface area contributed by atoms with E-state index in [1.54, 1.807) is 0 Å². The molecule has 1 nitrogen and oxygen atoms in total. The molecule has 0 unspecified atom stereocenters. The molecular formula is C5H12BrN. The summed E-state index contributed by atoms with van der Waals surface area (Å²) in [7, 11) is 0. The Morgan fingerprint density at radius 2 is 2.00 bits per heavy atom. The summed E-state index contributed by atoms with van der Waals surface area (Å²) in [6, 6.07) is 0. The SMILES string of the molecule is CCC(C)(C)NBr. The normalized spacial score (nSPS) is 12.0. The van der Waals surface area contributed by atoms with Gasteiger partial charge in [0, 0.05) is 21.7 Å². The minimum absolute atomic E-state index is 0.250. The lowest BCUT2D eigenvalue weighted by molar-refractivity contribution is 0.470. The van der Waals surface area contributed by atoms with E-state index in [4.69, 9.17) is 0 Å². The van der Waals surface area contributed by atoms with Crippen LogP contribution in [0.5, 0.6) is 0 Å². The third-order valence-corrected chi connectivity index (χ3v) is 2.21. The predicted molar refractivity (Wildman–Crippen MR) is 36.4 cm³/mol. The van der Waals surface area contributed by atoms with Gasteiger partial charge in [0.15, 0.2) is 0 Å². The molecule has 0 saturated carbocycles. The van der Waals surface area contributed by atoms with Crippen LogP contribution < -0.4 is 4.34 Å². The Morgan fingerprint density at radius 1 is 1.57 bits per heavy atom. The molecule has 0 amide bonds. The molecule has 0 radical (unpaired) electrons. The molecular weight excluding hydrogens is 154 g/mol. The molecule has 0 aromatic rings. The Labute approximate surface area is 53.8 Å². The minimum Gasteiger partial charge on any atom is -0.250 e. The Bertz CT molecular complexity index is 46.0. The van der Waals surface area contributed by atoms with Gasteiger partial charge in [0.2, 0.25) is 0 Å². The van der Waals surface area contributed by atoms with E-state index < -0.39 is 0 Å².